The van der Waals surface area contributed by atoms with Gasteiger partial charge >= 0.3 is 6.03 Å². The lowest BCUT2D eigenvalue weighted by molar-refractivity contribution is -0.121. The van der Waals surface area contributed by atoms with Crippen molar-refractivity contribution in [2.45, 2.75) is 18.6 Å². The Balaban J connectivity index is 1.89. The summed E-state index contributed by atoms with van der Waals surface area (Å²) in [4.78, 5) is 31.3. The number of rotatable bonds is 1. The van der Waals surface area contributed by atoms with Crippen molar-refractivity contribution in [2.75, 3.05) is 11.4 Å². The fourth-order valence-corrected chi connectivity index (χ4v) is 3.43. The Bertz CT molecular complexity index is 886. The van der Waals surface area contributed by atoms with E-state index in [4.69, 9.17) is 6.57 Å². The number of hydrogen-bond acceptors (Lipinski definition) is 3. The van der Waals surface area contributed by atoms with E-state index in [0.717, 1.165) is 4.90 Å². The van der Waals surface area contributed by atoms with Gasteiger partial charge in [-0.3, -0.25) is 4.79 Å². The summed E-state index contributed by atoms with van der Waals surface area (Å²) < 4.78 is 0. The van der Waals surface area contributed by atoms with E-state index < -0.39 is 24.1 Å². The average molecular weight is 307 g/mol. The fourth-order valence-electron chi connectivity index (χ4n) is 3.43. The van der Waals surface area contributed by atoms with Crippen molar-refractivity contribution in [1.29, 1.82) is 0 Å². The van der Waals surface area contributed by atoms with E-state index in [9.17, 15) is 14.7 Å². The van der Waals surface area contributed by atoms with Gasteiger partial charge in [-0.1, -0.05) is 30.3 Å². The Morgan fingerprint density at radius 3 is 2.57 bits per heavy atom. The molecular formula is C17H13N3O3. The van der Waals surface area contributed by atoms with Crippen LogP contribution in [0.15, 0.2) is 36.4 Å². The number of aliphatic hydroxyl groups is 1. The van der Waals surface area contributed by atoms with Crippen LogP contribution in [0.25, 0.3) is 15.6 Å². The lowest BCUT2D eigenvalue weighted by Gasteiger charge is -2.18. The summed E-state index contributed by atoms with van der Waals surface area (Å²) in [6, 6.07) is 9.26. The summed E-state index contributed by atoms with van der Waals surface area (Å²) in [7, 11) is 0. The van der Waals surface area contributed by atoms with Crippen molar-refractivity contribution in [3.8, 4) is 0 Å². The summed E-state index contributed by atoms with van der Waals surface area (Å²) >= 11 is 0. The SMILES string of the molecule is [C-]#[N+]c1ccc(N2C(=O)[C@@H]3[C@H](O)CCN3C2=O)c2ccccc12. The zero-order valence-corrected chi connectivity index (χ0v) is 12.1. The molecule has 0 spiro atoms. The molecule has 0 saturated carbocycles. The third-order valence-electron chi connectivity index (χ3n) is 4.52. The Hall–Kier alpha value is -2.91. The summed E-state index contributed by atoms with van der Waals surface area (Å²) in [5.74, 6) is -0.402. The van der Waals surface area contributed by atoms with Crippen LogP contribution in [0.1, 0.15) is 6.42 Å². The van der Waals surface area contributed by atoms with Crippen LogP contribution in [0.4, 0.5) is 16.2 Å². The van der Waals surface area contributed by atoms with Crippen molar-refractivity contribution < 1.29 is 14.7 Å². The summed E-state index contributed by atoms with van der Waals surface area (Å²) in [6.45, 7) is 7.63. The van der Waals surface area contributed by atoms with E-state index in [2.05, 4.69) is 4.85 Å². The smallest absolute Gasteiger partial charge is 0.332 e. The molecule has 6 nitrogen and oxygen atoms in total. The van der Waals surface area contributed by atoms with Gasteiger partial charge in [0.1, 0.15) is 6.04 Å². The molecule has 2 aliphatic heterocycles. The molecule has 2 aliphatic rings. The molecule has 4 rings (SSSR count). The minimum Gasteiger partial charge on any atom is -0.390 e. The van der Waals surface area contributed by atoms with Crippen molar-refractivity contribution in [3.63, 3.8) is 0 Å². The van der Waals surface area contributed by atoms with Crippen LogP contribution in [0.2, 0.25) is 0 Å². The van der Waals surface area contributed by atoms with Crippen LogP contribution < -0.4 is 4.90 Å². The monoisotopic (exact) mass is 307 g/mol. The largest absolute Gasteiger partial charge is 0.390 e. The number of amides is 3. The molecule has 1 N–H and O–H groups in total. The highest BCUT2D eigenvalue weighted by Crippen LogP contribution is 2.38. The van der Waals surface area contributed by atoms with Crippen LogP contribution in [-0.2, 0) is 4.79 Å². The maximum Gasteiger partial charge on any atom is 0.332 e. The zero-order valence-electron chi connectivity index (χ0n) is 12.1. The predicted octanol–water partition coefficient (Wildman–Crippen LogP) is 2.29. The number of urea groups is 1. The molecule has 0 bridgehead atoms. The molecule has 2 aromatic carbocycles. The van der Waals surface area contributed by atoms with E-state index in [1.807, 2.05) is 6.07 Å². The van der Waals surface area contributed by atoms with Crippen molar-refractivity contribution in [2.24, 2.45) is 0 Å². The van der Waals surface area contributed by atoms with Gasteiger partial charge in [-0.2, -0.15) is 0 Å². The zero-order chi connectivity index (χ0) is 16.1. The summed E-state index contributed by atoms with van der Waals surface area (Å²) in [6.07, 6.45) is -0.391. The van der Waals surface area contributed by atoms with Gasteiger partial charge in [0.15, 0.2) is 5.69 Å². The van der Waals surface area contributed by atoms with Crippen LogP contribution in [0, 0.1) is 6.57 Å². The number of nitrogens with zero attached hydrogens (tertiary/aromatic N) is 3. The van der Waals surface area contributed by atoms with E-state index >= 15 is 0 Å². The molecule has 2 aromatic rings. The second-order valence-corrected chi connectivity index (χ2v) is 5.71. The molecule has 0 aliphatic carbocycles. The van der Waals surface area contributed by atoms with Gasteiger partial charge in [0.05, 0.1) is 18.4 Å². The number of carbonyl (C=O) groups is 2. The first kappa shape index (κ1) is 13.7. The van der Waals surface area contributed by atoms with E-state index in [-0.39, 0.29) is 0 Å². The Kier molecular flexibility index (Phi) is 2.86. The Morgan fingerprint density at radius 2 is 1.87 bits per heavy atom. The van der Waals surface area contributed by atoms with Crippen LogP contribution in [0.3, 0.4) is 0 Å². The number of anilines is 1. The number of carbonyl (C=O) groups excluding carboxylic acids is 2. The minimum atomic E-state index is -0.815. The van der Waals surface area contributed by atoms with Gasteiger partial charge in [0.2, 0.25) is 0 Å². The number of benzene rings is 2. The van der Waals surface area contributed by atoms with E-state index in [0.29, 0.717) is 35.1 Å². The number of hydrogen-bond donors (Lipinski definition) is 1. The molecule has 2 heterocycles. The third kappa shape index (κ3) is 1.77. The standard InChI is InChI=1S/C17H13N3O3/c1-18-12-6-7-13(11-5-3-2-4-10(11)12)20-16(22)15-14(21)8-9-19(15)17(20)23/h2-7,14-15,21H,8-9H2/t14-,15+/m1/s1. The van der Waals surface area contributed by atoms with Crippen LogP contribution >= 0.6 is 0 Å². The first-order valence-electron chi connectivity index (χ1n) is 7.35. The maximum absolute atomic E-state index is 12.6. The molecule has 0 radical (unpaired) electrons. The average Bonchev–Trinajstić information content (AvgIpc) is 3.07. The lowest BCUT2D eigenvalue weighted by atomic mass is 10.1. The lowest BCUT2D eigenvalue weighted by Crippen LogP contribution is -2.36. The third-order valence-corrected chi connectivity index (χ3v) is 4.52. The molecule has 0 aromatic heterocycles. The summed E-state index contributed by atoms with van der Waals surface area (Å²) in [5, 5.41) is 11.3. The van der Waals surface area contributed by atoms with Crippen molar-refractivity contribution in [3.05, 3.63) is 47.8 Å². The highest BCUT2D eigenvalue weighted by Gasteiger charge is 2.52. The Morgan fingerprint density at radius 1 is 1.13 bits per heavy atom. The molecule has 2 saturated heterocycles. The molecule has 0 unspecified atom stereocenters. The van der Waals surface area contributed by atoms with Gasteiger partial charge in [-0.05, 0) is 23.3 Å². The first-order valence-corrected chi connectivity index (χ1v) is 7.35. The first-order chi connectivity index (χ1) is 11.1. The van der Waals surface area contributed by atoms with Crippen molar-refractivity contribution in [1.82, 2.24) is 4.90 Å². The number of aliphatic hydroxyl groups excluding tert-OH is 1. The van der Waals surface area contributed by atoms with Crippen molar-refractivity contribution >= 4 is 34.1 Å². The van der Waals surface area contributed by atoms with Gasteiger partial charge < -0.3 is 10.0 Å². The molecular weight excluding hydrogens is 294 g/mol. The molecule has 2 atom stereocenters. The second kappa shape index (κ2) is 4.80. The van der Waals surface area contributed by atoms with Crippen LogP contribution in [-0.4, -0.2) is 40.6 Å². The molecule has 23 heavy (non-hydrogen) atoms. The topological polar surface area (TPSA) is 65.2 Å². The van der Waals surface area contributed by atoms with E-state index in [1.54, 1.807) is 30.3 Å². The molecule has 6 heteroatoms. The normalized spacial score (nSPS) is 23.5. The predicted molar refractivity (Wildman–Crippen MR) is 84.2 cm³/mol. The molecule has 114 valence electrons. The Labute approximate surface area is 132 Å². The van der Waals surface area contributed by atoms with E-state index in [1.165, 1.54) is 4.90 Å². The second-order valence-electron chi connectivity index (χ2n) is 5.71. The number of fused-ring (bicyclic) bond motifs is 2. The maximum atomic E-state index is 12.6. The minimum absolute atomic E-state index is 0.380. The molecule has 2 fully saturated rings. The highest BCUT2D eigenvalue weighted by molar-refractivity contribution is 6.25. The molecule has 3 amide bonds. The summed E-state index contributed by atoms with van der Waals surface area (Å²) in [5.41, 5.74) is 0.938. The highest BCUT2D eigenvalue weighted by atomic mass is 16.3. The fraction of sp³-hybridized carbons (Fsp3) is 0.235. The van der Waals surface area contributed by atoms with Crippen LogP contribution in [0.5, 0.6) is 0 Å². The quantitative estimate of drug-likeness (QED) is 0.649. The van der Waals surface area contributed by atoms with Gasteiger partial charge in [0.25, 0.3) is 5.91 Å². The van der Waals surface area contributed by atoms with Gasteiger partial charge in [0, 0.05) is 6.54 Å². The number of imide groups is 1. The van der Waals surface area contributed by atoms with Gasteiger partial charge in [-0.15, -0.1) is 0 Å². The van der Waals surface area contributed by atoms with Gasteiger partial charge in [-0.25, -0.2) is 14.5 Å².